The monoisotopic (exact) mass is 722 g/mol. The Morgan fingerprint density at radius 1 is 0.615 bits per heavy atom. The molecule has 290 valence electrons. The Labute approximate surface area is 313 Å². The Kier molecular flexibility index (Phi) is 13.5. The Hall–Kier alpha value is -3.18. The molecular formula is C42H66N4O6. The lowest BCUT2D eigenvalue weighted by molar-refractivity contribution is -0.144. The minimum atomic E-state index is -0.672. The van der Waals surface area contributed by atoms with Crippen LogP contribution in [0.3, 0.4) is 0 Å². The molecule has 0 saturated carbocycles. The fourth-order valence-electron chi connectivity index (χ4n) is 9.31. The topological polar surface area (TPSA) is 106 Å². The summed E-state index contributed by atoms with van der Waals surface area (Å²) in [5, 5.41) is 22.0. The van der Waals surface area contributed by atoms with Crippen LogP contribution in [0.15, 0.2) is 60.7 Å². The van der Waals surface area contributed by atoms with Crippen molar-refractivity contribution in [2.24, 2.45) is 0 Å². The van der Waals surface area contributed by atoms with Crippen molar-refractivity contribution in [3.63, 3.8) is 0 Å². The quantitative estimate of drug-likeness (QED) is 0.245. The van der Waals surface area contributed by atoms with Gasteiger partial charge in [0.25, 0.3) is 0 Å². The van der Waals surface area contributed by atoms with Crippen molar-refractivity contribution < 1.29 is 29.3 Å². The minimum absolute atomic E-state index is 0.00651. The van der Waals surface area contributed by atoms with Crippen LogP contribution in [0.4, 0.5) is 0 Å². The van der Waals surface area contributed by atoms with Gasteiger partial charge in [-0.25, -0.2) is 0 Å². The van der Waals surface area contributed by atoms with Gasteiger partial charge in [-0.15, -0.1) is 0 Å². The lowest BCUT2D eigenvalue weighted by Gasteiger charge is -2.58. The highest BCUT2D eigenvalue weighted by Crippen LogP contribution is 2.42. The second kappa shape index (κ2) is 16.9. The first-order chi connectivity index (χ1) is 24.2. The summed E-state index contributed by atoms with van der Waals surface area (Å²) in [4.78, 5) is 35.3. The first-order valence-electron chi connectivity index (χ1n) is 19.0. The average Bonchev–Trinajstić information content (AvgIpc) is 3.04. The maximum atomic E-state index is 13.3. The number of carbonyl (C=O) groups excluding carboxylic acids is 2. The lowest BCUT2D eigenvalue weighted by atomic mass is 9.75. The number of aliphatic hydroxyl groups is 2. The largest absolute Gasteiger partial charge is 0.491 e. The van der Waals surface area contributed by atoms with E-state index in [1.54, 1.807) is 13.8 Å². The van der Waals surface area contributed by atoms with Crippen LogP contribution in [-0.2, 0) is 9.59 Å². The van der Waals surface area contributed by atoms with Crippen LogP contribution in [0.25, 0.3) is 0 Å². The van der Waals surface area contributed by atoms with E-state index in [1.165, 1.54) is 0 Å². The molecule has 2 amide bonds. The van der Waals surface area contributed by atoms with Gasteiger partial charge in [0.1, 0.15) is 36.9 Å². The van der Waals surface area contributed by atoms with Crippen LogP contribution in [0, 0.1) is 0 Å². The molecule has 52 heavy (non-hydrogen) atoms. The molecule has 0 bridgehead atoms. The number of amides is 2. The van der Waals surface area contributed by atoms with E-state index in [9.17, 15) is 19.8 Å². The highest BCUT2D eigenvalue weighted by molar-refractivity contribution is 5.75. The zero-order chi connectivity index (χ0) is 38.5. The number of hydrogen-bond acceptors (Lipinski definition) is 8. The number of rotatable bonds is 15. The van der Waals surface area contributed by atoms with Crippen LogP contribution < -0.4 is 9.47 Å². The molecule has 10 nitrogen and oxygen atoms in total. The molecule has 2 saturated heterocycles. The summed E-state index contributed by atoms with van der Waals surface area (Å²) in [6.45, 7) is 23.0. The molecule has 0 spiro atoms. The zero-order valence-electron chi connectivity index (χ0n) is 33.5. The molecule has 0 aromatic heterocycles. The highest BCUT2D eigenvalue weighted by atomic mass is 16.5. The van der Waals surface area contributed by atoms with Crippen molar-refractivity contribution in [3.8, 4) is 11.5 Å². The third-order valence-electron chi connectivity index (χ3n) is 11.3. The standard InChI is InChI=1S/C42H66N4O6/c1-31(47)43(33-23-39(3,4)45(40(5,6)24-33)27-35(49)29-51-37-17-13-11-14-18-37)21-22-44(32(2)48)34-25-41(7,8)46(42(9,10)26-34)28-36(50)30-52-38-19-15-12-16-20-38/h11-20,33-36,49-50H,21-30H2,1-10H3. The summed E-state index contributed by atoms with van der Waals surface area (Å²) < 4.78 is 11.7. The maximum Gasteiger partial charge on any atom is 0.219 e. The Morgan fingerprint density at radius 3 is 1.17 bits per heavy atom. The molecule has 2 N–H and O–H groups in total. The van der Waals surface area contributed by atoms with Crippen molar-refractivity contribution in [1.82, 2.24) is 19.6 Å². The number of nitrogens with zero attached hydrogens (tertiary/aromatic N) is 4. The predicted octanol–water partition coefficient (Wildman–Crippen LogP) is 5.61. The molecule has 2 aromatic rings. The molecule has 2 aliphatic rings. The van der Waals surface area contributed by atoms with Crippen molar-refractivity contribution in [2.75, 3.05) is 39.4 Å². The third-order valence-corrected chi connectivity index (χ3v) is 11.3. The summed E-state index contributed by atoms with van der Waals surface area (Å²) in [5.41, 5.74) is -1.20. The van der Waals surface area contributed by atoms with Crippen molar-refractivity contribution in [1.29, 1.82) is 0 Å². The summed E-state index contributed by atoms with van der Waals surface area (Å²) in [7, 11) is 0. The molecule has 2 atom stereocenters. The van der Waals surface area contributed by atoms with Gasteiger partial charge < -0.3 is 29.5 Å². The summed E-state index contributed by atoms with van der Waals surface area (Å²) in [6, 6.07) is 19.0. The van der Waals surface area contributed by atoms with E-state index in [4.69, 9.17) is 9.47 Å². The van der Waals surface area contributed by atoms with Gasteiger partial charge in [-0.2, -0.15) is 0 Å². The first-order valence-corrected chi connectivity index (χ1v) is 19.0. The molecule has 10 heteroatoms. The van der Waals surface area contributed by atoms with E-state index in [0.717, 1.165) is 37.2 Å². The van der Waals surface area contributed by atoms with E-state index < -0.39 is 12.2 Å². The van der Waals surface area contributed by atoms with Crippen LogP contribution in [0.1, 0.15) is 94.9 Å². The van der Waals surface area contributed by atoms with Crippen molar-refractivity contribution in [3.05, 3.63) is 60.7 Å². The van der Waals surface area contributed by atoms with Gasteiger partial charge in [0.15, 0.2) is 0 Å². The molecule has 4 rings (SSSR count). The number of likely N-dealkylation sites (tertiary alicyclic amines) is 2. The SMILES string of the molecule is CC(=O)N(CCN(C(C)=O)C1CC(C)(C)N(CC(O)COc2ccccc2)C(C)(C)C1)C1CC(C)(C)N(CC(O)COc2ccccc2)C(C)(C)C1. The fourth-order valence-corrected chi connectivity index (χ4v) is 9.31. The van der Waals surface area contributed by atoms with Crippen LogP contribution in [-0.4, -0.2) is 127 Å². The summed E-state index contributed by atoms with van der Waals surface area (Å²) >= 11 is 0. The third kappa shape index (κ3) is 10.7. The maximum absolute atomic E-state index is 13.3. The van der Waals surface area contributed by atoms with Gasteiger partial charge in [0, 0.05) is 74.3 Å². The molecule has 2 heterocycles. The van der Waals surface area contributed by atoms with Gasteiger partial charge in [-0.1, -0.05) is 36.4 Å². The number of carbonyl (C=O) groups is 2. The predicted molar refractivity (Wildman–Crippen MR) is 206 cm³/mol. The van der Waals surface area contributed by atoms with E-state index in [0.29, 0.717) is 26.2 Å². The number of ether oxygens (including phenoxy) is 2. The number of para-hydroxylation sites is 2. The Balaban J connectivity index is 1.39. The normalized spacial score (nSPS) is 21.5. The number of hydrogen-bond donors (Lipinski definition) is 2. The first kappa shape index (κ1) is 41.6. The molecule has 2 aromatic carbocycles. The highest BCUT2D eigenvalue weighted by Gasteiger charge is 2.49. The van der Waals surface area contributed by atoms with Gasteiger partial charge in [0.2, 0.25) is 11.8 Å². The van der Waals surface area contributed by atoms with Gasteiger partial charge in [0.05, 0.1) is 0 Å². The number of piperidine rings is 2. The van der Waals surface area contributed by atoms with Crippen LogP contribution in [0.5, 0.6) is 11.5 Å². The fraction of sp³-hybridized carbons (Fsp3) is 0.667. The smallest absolute Gasteiger partial charge is 0.219 e. The second-order valence-electron chi connectivity index (χ2n) is 17.6. The zero-order valence-corrected chi connectivity index (χ0v) is 33.5. The van der Waals surface area contributed by atoms with E-state index in [-0.39, 0.29) is 59.3 Å². The molecule has 2 fully saturated rings. The molecule has 2 unspecified atom stereocenters. The molecular weight excluding hydrogens is 656 g/mol. The van der Waals surface area contributed by atoms with Gasteiger partial charge in [-0.3, -0.25) is 19.4 Å². The van der Waals surface area contributed by atoms with E-state index in [2.05, 4.69) is 65.2 Å². The van der Waals surface area contributed by atoms with Gasteiger partial charge in [-0.05, 0) is 105 Å². The van der Waals surface area contributed by atoms with Crippen LogP contribution >= 0.6 is 0 Å². The number of aliphatic hydroxyl groups excluding tert-OH is 2. The van der Waals surface area contributed by atoms with Crippen molar-refractivity contribution >= 4 is 11.8 Å². The average molecular weight is 723 g/mol. The lowest BCUT2D eigenvalue weighted by Crippen LogP contribution is -2.67. The Bertz CT molecular complexity index is 1300. The van der Waals surface area contributed by atoms with E-state index in [1.807, 2.05) is 70.5 Å². The van der Waals surface area contributed by atoms with E-state index >= 15 is 0 Å². The number of benzene rings is 2. The minimum Gasteiger partial charge on any atom is -0.491 e. The van der Waals surface area contributed by atoms with Crippen molar-refractivity contribution in [2.45, 2.75) is 141 Å². The summed E-state index contributed by atoms with van der Waals surface area (Å²) in [6.07, 6.45) is 1.64. The number of β-amino-alcohol motifs (C(OH)–C–C–N with tert-alkyl or cyclic N) is 2. The molecule has 2 aliphatic heterocycles. The second-order valence-corrected chi connectivity index (χ2v) is 17.6. The van der Waals surface area contributed by atoms with Gasteiger partial charge >= 0.3 is 0 Å². The van der Waals surface area contributed by atoms with Crippen LogP contribution in [0.2, 0.25) is 0 Å². The molecule has 0 radical (unpaired) electrons. The molecule has 0 aliphatic carbocycles. The Morgan fingerprint density at radius 2 is 0.904 bits per heavy atom. The summed E-state index contributed by atoms with van der Waals surface area (Å²) in [5.74, 6) is 1.48.